The standard InChI is InChI=1S/C13H16N2O7/c1-7(16)20-6-10-9(21-8(2)17)5-12(22-10)15-4-3-11(18)14-13(15)19/h3-4,9-10,12H,5-6H2,1-2H3,(H,14,18,19)/t9-,10+,12+/m1/s1. The molecular formula is C13H16N2O7. The number of ether oxygens (including phenoxy) is 3. The second kappa shape index (κ2) is 6.56. The first-order valence-corrected chi connectivity index (χ1v) is 6.64. The van der Waals surface area contributed by atoms with E-state index in [1.165, 1.54) is 30.7 Å². The molecule has 22 heavy (non-hydrogen) atoms. The molecule has 1 aliphatic rings. The third-order valence-electron chi connectivity index (χ3n) is 3.11. The minimum absolute atomic E-state index is 0.0954. The first kappa shape index (κ1) is 16.0. The fourth-order valence-corrected chi connectivity index (χ4v) is 2.21. The van der Waals surface area contributed by atoms with Crippen LogP contribution in [0.2, 0.25) is 0 Å². The zero-order valence-corrected chi connectivity index (χ0v) is 12.1. The van der Waals surface area contributed by atoms with Crippen LogP contribution in [0.4, 0.5) is 0 Å². The van der Waals surface area contributed by atoms with E-state index >= 15 is 0 Å². The highest BCUT2D eigenvalue weighted by Crippen LogP contribution is 2.30. The summed E-state index contributed by atoms with van der Waals surface area (Å²) < 4.78 is 16.8. The average Bonchev–Trinajstić information content (AvgIpc) is 2.78. The number of hydrogen-bond donors (Lipinski definition) is 1. The maximum Gasteiger partial charge on any atom is 0.330 e. The van der Waals surface area contributed by atoms with E-state index in [0.717, 1.165) is 0 Å². The van der Waals surface area contributed by atoms with Crippen molar-refractivity contribution in [3.8, 4) is 0 Å². The van der Waals surface area contributed by atoms with E-state index in [-0.39, 0.29) is 13.0 Å². The van der Waals surface area contributed by atoms with Crippen LogP contribution in [0.3, 0.4) is 0 Å². The summed E-state index contributed by atoms with van der Waals surface area (Å²) >= 11 is 0. The summed E-state index contributed by atoms with van der Waals surface area (Å²) in [5.41, 5.74) is -1.15. The highest BCUT2D eigenvalue weighted by Gasteiger charge is 2.39. The van der Waals surface area contributed by atoms with Gasteiger partial charge in [0.1, 0.15) is 25.0 Å². The average molecular weight is 312 g/mol. The smallest absolute Gasteiger partial charge is 0.330 e. The monoisotopic (exact) mass is 312 g/mol. The van der Waals surface area contributed by atoms with E-state index in [9.17, 15) is 19.2 Å². The zero-order chi connectivity index (χ0) is 16.3. The Labute approximate surface area is 124 Å². The predicted octanol–water partition coefficient (Wildman–Crippen LogP) is -0.681. The number of esters is 2. The molecule has 1 fully saturated rings. The molecule has 0 saturated carbocycles. The first-order chi connectivity index (χ1) is 10.4. The third kappa shape index (κ3) is 3.82. The second-order valence-corrected chi connectivity index (χ2v) is 4.83. The molecule has 1 aromatic heterocycles. The Morgan fingerprint density at radius 3 is 2.68 bits per heavy atom. The van der Waals surface area contributed by atoms with Crippen LogP contribution >= 0.6 is 0 Å². The van der Waals surface area contributed by atoms with Crippen molar-refractivity contribution in [3.05, 3.63) is 33.1 Å². The zero-order valence-electron chi connectivity index (χ0n) is 12.1. The van der Waals surface area contributed by atoms with Crippen LogP contribution in [0.25, 0.3) is 0 Å². The lowest BCUT2D eigenvalue weighted by Crippen LogP contribution is -2.32. The molecule has 120 valence electrons. The summed E-state index contributed by atoms with van der Waals surface area (Å²) in [6.45, 7) is 2.41. The van der Waals surface area contributed by atoms with Gasteiger partial charge in [-0.2, -0.15) is 0 Å². The van der Waals surface area contributed by atoms with Crippen molar-refractivity contribution < 1.29 is 23.8 Å². The Hall–Kier alpha value is -2.42. The van der Waals surface area contributed by atoms with E-state index in [1.54, 1.807) is 0 Å². The number of nitrogens with one attached hydrogen (secondary N) is 1. The van der Waals surface area contributed by atoms with Crippen LogP contribution in [0.1, 0.15) is 26.5 Å². The lowest BCUT2D eigenvalue weighted by atomic mass is 10.2. The molecule has 9 heteroatoms. The van der Waals surface area contributed by atoms with Crippen molar-refractivity contribution in [2.75, 3.05) is 6.61 Å². The van der Waals surface area contributed by atoms with Gasteiger partial charge in [0.15, 0.2) is 0 Å². The van der Waals surface area contributed by atoms with Crippen molar-refractivity contribution in [1.29, 1.82) is 0 Å². The topological polar surface area (TPSA) is 117 Å². The molecule has 1 aromatic rings. The van der Waals surface area contributed by atoms with Gasteiger partial charge in [0.2, 0.25) is 0 Å². The Kier molecular flexibility index (Phi) is 4.76. The number of H-pyrrole nitrogens is 1. The molecule has 1 aliphatic heterocycles. The molecular weight excluding hydrogens is 296 g/mol. The molecule has 1 N–H and O–H groups in total. The molecule has 0 bridgehead atoms. The van der Waals surface area contributed by atoms with Crippen LogP contribution in [0.15, 0.2) is 21.9 Å². The fraction of sp³-hybridized carbons (Fsp3) is 0.538. The lowest BCUT2D eigenvalue weighted by Gasteiger charge is -2.17. The van der Waals surface area contributed by atoms with Gasteiger partial charge >= 0.3 is 17.6 Å². The Morgan fingerprint density at radius 1 is 1.36 bits per heavy atom. The number of aromatic amines is 1. The minimum Gasteiger partial charge on any atom is -0.463 e. The highest BCUT2D eigenvalue weighted by molar-refractivity contribution is 5.66. The Morgan fingerprint density at radius 2 is 2.09 bits per heavy atom. The van der Waals surface area contributed by atoms with Gasteiger partial charge in [-0.3, -0.25) is 23.9 Å². The van der Waals surface area contributed by atoms with Crippen molar-refractivity contribution >= 4 is 11.9 Å². The number of carbonyl (C=O) groups is 2. The van der Waals surface area contributed by atoms with E-state index in [2.05, 4.69) is 4.98 Å². The minimum atomic E-state index is -0.728. The molecule has 2 rings (SSSR count). The van der Waals surface area contributed by atoms with Gasteiger partial charge in [0.05, 0.1) is 0 Å². The SMILES string of the molecule is CC(=O)OC[C@@H]1O[C@H](n2ccc(=O)[nH]c2=O)C[C@H]1OC(C)=O. The van der Waals surface area contributed by atoms with Crippen molar-refractivity contribution in [2.45, 2.75) is 38.7 Å². The molecule has 0 aliphatic carbocycles. The molecule has 0 unspecified atom stereocenters. The van der Waals surface area contributed by atoms with Crippen LogP contribution in [-0.4, -0.2) is 40.3 Å². The second-order valence-electron chi connectivity index (χ2n) is 4.83. The van der Waals surface area contributed by atoms with Crippen LogP contribution in [-0.2, 0) is 23.8 Å². The molecule has 0 aromatic carbocycles. The van der Waals surface area contributed by atoms with Gasteiger partial charge in [-0.25, -0.2) is 4.79 Å². The predicted molar refractivity (Wildman–Crippen MR) is 72.0 cm³/mol. The summed E-state index contributed by atoms with van der Waals surface area (Å²) in [5, 5.41) is 0. The molecule has 0 spiro atoms. The molecule has 1 saturated heterocycles. The number of carbonyl (C=O) groups excluding carboxylic acids is 2. The Balaban J connectivity index is 2.17. The molecule has 9 nitrogen and oxygen atoms in total. The normalized spacial score (nSPS) is 24.0. The number of hydrogen-bond acceptors (Lipinski definition) is 7. The summed E-state index contributed by atoms with van der Waals surface area (Å²) in [5.74, 6) is -0.995. The van der Waals surface area contributed by atoms with E-state index in [0.29, 0.717) is 0 Å². The quantitative estimate of drug-likeness (QED) is 0.732. The summed E-state index contributed by atoms with van der Waals surface area (Å²) in [4.78, 5) is 47.0. The van der Waals surface area contributed by atoms with E-state index < -0.39 is 41.6 Å². The van der Waals surface area contributed by atoms with Crippen molar-refractivity contribution in [3.63, 3.8) is 0 Å². The van der Waals surface area contributed by atoms with Crippen molar-refractivity contribution in [2.24, 2.45) is 0 Å². The van der Waals surface area contributed by atoms with Gasteiger partial charge in [-0.1, -0.05) is 0 Å². The molecule has 0 radical (unpaired) electrons. The lowest BCUT2D eigenvalue weighted by molar-refractivity contribution is -0.155. The number of rotatable bonds is 4. The van der Waals surface area contributed by atoms with Crippen LogP contribution in [0.5, 0.6) is 0 Å². The molecule has 2 heterocycles. The first-order valence-electron chi connectivity index (χ1n) is 6.64. The maximum absolute atomic E-state index is 11.8. The van der Waals surface area contributed by atoms with Gasteiger partial charge < -0.3 is 14.2 Å². The summed E-state index contributed by atoms with van der Waals surface area (Å²) in [6, 6.07) is 1.19. The fourth-order valence-electron chi connectivity index (χ4n) is 2.21. The van der Waals surface area contributed by atoms with Crippen LogP contribution in [0, 0.1) is 0 Å². The highest BCUT2D eigenvalue weighted by atomic mass is 16.6. The number of nitrogens with zero attached hydrogens (tertiary/aromatic N) is 1. The number of aromatic nitrogens is 2. The molecule has 0 amide bonds. The maximum atomic E-state index is 11.8. The Bertz CT molecular complexity index is 677. The van der Waals surface area contributed by atoms with Gasteiger partial charge in [0.25, 0.3) is 5.56 Å². The van der Waals surface area contributed by atoms with Crippen LogP contribution < -0.4 is 11.2 Å². The third-order valence-corrected chi connectivity index (χ3v) is 3.11. The molecule has 3 atom stereocenters. The van der Waals surface area contributed by atoms with Gasteiger partial charge in [-0.15, -0.1) is 0 Å². The van der Waals surface area contributed by atoms with E-state index in [4.69, 9.17) is 14.2 Å². The van der Waals surface area contributed by atoms with Gasteiger partial charge in [-0.05, 0) is 0 Å². The van der Waals surface area contributed by atoms with Gasteiger partial charge in [0, 0.05) is 32.5 Å². The summed E-state index contributed by atoms with van der Waals surface area (Å²) in [7, 11) is 0. The van der Waals surface area contributed by atoms with Crippen molar-refractivity contribution in [1.82, 2.24) is 9.55 Å². The summed E-state index contributed by atoms with van der Waals surface area (Å²) in [6.07, 6.45) is -0.561. The van der Waals surface area contributed by atoms with E-state index in [1.807, 2.05) is 0 Å². The largest absolute Gasteiger partial charge is 0.463 e.